The number of carbonyl (C=O) groups is 1. The van der Waals surface area contributed by atoms with E-state index in [1.54, 1.807) is 11.1 Å². The number of ether oxygens (including phenoxy) is 1. The molecule has 1 aliphatic rings. The molecule has 0 radical (unpaired) electrons. The highest BCUT2D eigenvalue weighted by Gasteiger charge is 2.33. The summed E-state index contributed by atoms with van der Waals surface area (Å²) in [5.74, 6) is 0. The Morgan fingerprint density at radius 3 is 2.67 bits per heavy atom. The summed E-state index contributed by atoms with van der Waals surface area (Å²) in [6.45, 7) is 10.1. The molecule has 0 saturated carbocycles. The lowest BCUT2D eigenvalue weighted by molar-refractivity contribution is 0.0156. The van der Waals surface area contributed by atoms with Crippen molar-refractivity contribution in [2.75, 3.05) is 13.1 Å². The maximum Gasteiger partial charge on any atom is 0.410 e. The van der Waals surface area contributed by atoms with E-state index in [1.807, 2.05) is 26.8 Å². The molecule has 6 heteroatoms. The van der Waals surface area contributed by atoms with E-state index in [0.717, 1.165) is 38.2 Å². The van der Waals surface area contributed by atoms with Crippen molar-refractivity contribution >= 4 is 6.09 Å². The van der Waals surface area contributed by atoms with Gasteiger partial charge in [0, 0.05) is 37.1 Å². The number of carbonyl (C=O) groups excluding carboxylic acids is 1. The van der Waals surface area contributed by atoms with Gasteiger partial charge in [-0.05, 0) is 46.6 Å². The molecule has 21 heavy (non-hydrogen) atoms. The van der Waals surface area contributed by atoms with Gasteiger partial charge in [-0.1, -0.05) is 0 Å². The lowest BCUT2D eigenvalue weighted by Crippen LogP contribution is -2.53. The van der Waals surface area contributed by atoms with Crippen molar-refractivity contribution < 1.29 is 9.53 Å². The van der Waals surface area contributed by atoms with E-state index in [0.29, 0.717) is 0 Å². The van der Waals surface area contributed by atoms with Gasteiger partial charge in [0.25, 0.3) is 0 Å². The van der Waals surface area contributed by atoms with Crippen LogP contribution in [0.1, 0.15) is 46.2 Å². The Labute approximate surface area is 126 Å². The second-order valence-electron chi connectivity index (χ2n) is 6.96. The Kier molecular flexibility index (Phi) is 4.56. The summed E-state index contributed by atoms with van der Waals surface area (Å²) >= 11 is 0. The van der Waals surface area contributed by atoms with Crippen LogP contribution in [-0.2, 0) is 11.3 Å². The first-order valence-electron chi connectivity index (χ1n) is 7.49. The van der Waals surface area contributed by atoms with Gasteiger partial charge < -0.3 is 15.0 Å². The molecular weight excluding hydrogens is 268 g/mol. The van der Waals surface area contributed by atoms with Crippen LogP contribution in [0.4, 0.5) is 4.79 Å². The molecule has 1 aromatic rings. The molecule has 0 aromatic carbocycles. The third-order valence-electron chi connectivity index (χ3n) is 3.78. The summed E-state index contributed by atoms with van der Waals surface area (Å²) in [5.41, 5.74) is 0.686. The largest absolute Gasteiger partial charge is 0.444 e. The normalized spacial score (nSPS) is 18.6. The lowest BCUT2D eigenvalue weighted by atomic mass is 9.89. The topological polar surface area (TPSA) is 70.2 Å². The van der Waals surface area contributed by atoms with Gasteiger partial charge in [-0.2, -0.15) is 5.10 Å². The van der Waals surface area contributed by atoms with Gasteiger partial charge in [-0.25, -0.2) is 4.79 Å². The smallest absolute Gasteiger partial charge is 0.410 e. The van der Waals surface area contributed by atoms with Gasteiger partial charge >= 0.3 is 6.09 Å². The highest BCUT2D eigenvalue weighted by molar-refractivity contribution is 5.68. The summed E-state index contributed by atoms with van der Waals surface area (Å²) in [7, 11) is 0. The van der Waals surface area contributed by atoms with E-state index < -0.39 is 5.60 Å². The molecule has 2 rings (SSSR count). The molecule has 0 atom stereocenters. The minimum Gasteiger partial charge on any atom is -0.444 e. The van der Waals surface area contributed by atoms with Gasteiger partial charge in [0.1, 0.15) is 5.60 Å². The maximum absolute atomic E-state index is 12.0. The van der Waals surface area contributed by atoms with Crippen LogP contribution in [0.2, 0.25) is 0 Å². The van der Waals surface area contributed by atoms with Crippen molar-refractivity contribution in [2.45, 2.75) is 58.2 Å². The monoisotopic (exact) mass is 294 g/mol. The highest BCUT2D eigenvalue weighted by Crippen LogP contribution is 2.23. The molecule has 1 saturated heterocycles. The Morgan fingerprint density at radius 2 is 2.14 bits per heavy atom. The van der Waals surface area contributed by atoms with E-state index in [2.05, 4.69) is 22.4 Å². The molecule has 2 heterocycles. The molecule has 2 N–H and O–H groups in total. The number of likely N-dealkylation sites (tertiary alicyclic amines) is 1. The number of piperidine rings is 1. The third-order valence-corrected chi connectivity index (χ3v) is 3.78. The summed E-state index contributed by atoms with van der Waals surface area (Å²) < 4.78 is 5.42. The average Bonchev–Trinajstić information content (AvgIpc) is 2.88. The molecule has 1 fully saturated rings. The third kappa shape index (κ3) is 4.74. The van der Waals surface area contributed by atoms with E-state index in [4.69, 9.17) is 4.74 Å². The van der Waals surface area contributed by atoms with Gasteiger partial charge in [0.05, 0.1) is 0 Å². The molecule has 118 valence electrons. The van der Waals surface area contributed by atoms with Crippen molar-refractivity contribution in [1.82, 2.24) is 20.4 Å². The molecule has 0 unspecified atom stereocenters. The zero-order chi connectivity index (χ0) is 15.5. The fourth-order valence-electron chi connectivity index (χ4n) is 2.38. The van der Waals surface area contributed by atoms with Crippen LogP contribution >= 0.6 is 0 Å². The van der Waals surface area contributed by atoms with E-state index >= 15 is 0 Å². The maximum atomic E-state index is 12.0. The Bertz CT molecular complexity index is 457. The van der Waals surface area contributed by atoms with Crippen molar-refractivity contribution in [1.29, 1.82) is 0 Å². The fraction of sp³-hybridized carbons (Fsp3) is 0.733. The number of hydrogen-bond acceptors (Lipinski definition) is 4. The predicted octanol–water partition coefficient (Wildman–Crippen LogP) is 2.29. The number of hydrogen-bond donors (Lipinski definition) is 2. The number of nitrogens with one attached hydrogen (secondary N) is 2. The van der Waals surface area contributed by atoms with Crippen LogP contribution in [0.5, 0.6) is 0 Å². The first kappa shape index (κ1) is 15.8. The zero-order valence-electron chi connectivity index (χ0n) is 13.4. The Balaban J connectivity index is 1.80. The second-order valence-corrected chi connectivity index (χ2v) is 6.96. The molecule has 1 aliphatic heterocycles. The standard InChI is InChI=1S/C15H26N4O2/c1-14(2,3)21-13(20)19-9-6-15(4,7-10-19)16-11-12-5-8-17-18-12/h5,8,16H,6-7,9-11H2,1-4H3,(H,17,18). The van der Waals surface area contributed by atoms with E-state index in [-0.39, 0.29) is 11.6 Å². The van der Waals surface area contributed by atoms with Gasteiger partial charge in [0.2, 0.25) is 0 Å². The van der Waals surface area contributed by atoms with E-state index in [1.165, 1.54) is 0 Å². The molecular formula is C15H26N4O2. The molecule has 0 spiro atoms. The minimum absolute atomic E-state index is 0.0453. The highest BCUT2D eigenvalue weighted by atomic mass is 16.6. The Hall–Kier alpha value is -1.56. The van der Waals surface area contributed by atoms with Gasteiger partial charge in [-0.15, -0.1) is 0 Å². The quantitative estimate of drug-likeness (QED) is 0.897. The zero-order valence-corrected chi connectivity index (χ0v) is 13.4. The first-order valence-corrected chi connectivity index (χ1v) is 7.49. The van der Waals surface area contributed by atoms with Crippen LogP contribution in [0, 0.1) is 0 Å². The predicted molar refractivity (Wildman–Crippen MR) is 80.9 cm³/mol. The van der Waals surface area contributed by atoms with Crippen LogP contribution in [-0.4, -0.2) is 45.4 Å². The van der Waals surface area contributed by atoms with Crippen LogP contribution in [0.15, 0.2) is 12.3 Å². The summed E-state index contributed by atoms with van der Waals surface area (Å²) in [4.78, 5) is 13.8. The molecule has 6 nitrogen and oxygen atoms in total. The fourth-order valence-corrected chi connectivity index (χ4v) is 2.38. The molecule has 1 aromatic heterocycles. The molecule has 0 aliphatic carbocycles. The van der Waals surface area contributed by atoms with Crippen LogP contribution < -0.4 is 5.32 Å². The average molecular weight is 294 g/mol. The van der Waals surface area contributed by atoms with E-state index in [9.17, 15) is 4.79 Å². The van der Waals surface area contributed by atoms with Gasteiger partial charge in [-0.3, -0.25) is 5.10 Å². The summed E-state index contributed by atoms with van der Waals surface area (Å²) in [5, 5.41) is 10.5. The van der Waals surface area contributed by atoms with Gasteiger partial charge in [0.15, 0.2) is 0 Å². The summed E-state index contributed by atoms with van der Waals surface area (Å²) in [6.07, 6.45) is 3.38. The van der Waals surface area contributed by atoms with Crippen molar-refractivity contribution in [3.8, 4) is 0 Å². The number of aromatic amines is 1. The Morgan fingerprint density at radius 1 is 1.48 bits per heavy atom. The number of rotatable bonds is 3. The SMILES string of the molecule is CC1(NCc2ccn[nH]2)CCN(C(=O)OC(C)(C)C)CC1. The number of nitrogens with zero attached hydrogens (tertiary/aromatic N) is 2. The number of aromatic nitrogens is 2. The first-order chi connectivity index (χ1) is 9.77. The number of amides is 1. The van der Waals surface area contributed by atoms with Crippen molar-refractivity contribution in [3.63, 3.8) is 0 Å². The number of H-pyrrole nitrogens is 1. The van der Waals surface area contributed by atoms with Crippen molar-refractivity contribution in [2.24, 2.45) is 0 Å². The van der Waals surface area contributed by atoms with Crippen LogP contribution in [0.3, 0.4) is 0 Å². The lowest BCUT2D eigenvalue weighted by Gasteiger charge is -2.40. The minimum atomic E-state index is -0.434. The molecule has 0 bridgehead atoms. The van der Waals surface area contributed by atoms with Crippen molar-refractivity contribution in [3.05, 3.63) is 18.0 Å². The summed E-state index contributed by atoms with van der Waals surface area (Å²) in [6, 6.07) is 1.96. The second kappa shape index (κ2) is 6.05. The molecule has 1 amide bonds. The van der Waals surface area contributed by atoms with Crippen LogP contribution in [0.25, 0.3) is 0 Å².